The summed E-state index contributed by atoms with van der Waals surface area (Å²) in [6, 6.07) is 12.5. The second-order valence-electron chi connectivity index (χ2n) is 9.51. The summed E-state index contributed by atoms with van der Waals surface area (Å²) in [5.74, 6) is -0.608. The van der Waals surface area contributed by atoms with E-state index < -0.39 is 20.0 Å². The molecule has 172 valence electrons. The molecule has 33 heavy (non-hydrogen) atoms. The van der Waals surface area contributed by atoms with Crippen LogP contribution in [0.1, 0.15) is 18.9 Å². The van der Waals surface area contributed by atoms with Crippen molar-refractivity contribution >= 4 is 30.7 Å². The molecule has 0 saturated carbocycles. The number of hydrogen-bond donors (Lipinski definition) is 3. The van der Waals surface area contributed by atoms with Gasteiger partial charge in [-0.25, -0.2) is 0 Å². The molecule has 0 radical (unpaired) electrons. The van der Waals surface area contributed by atoms with E-state index in [0.29, 0.717) is 28.7 Å². The van der Waals surface area contributed by atoms with Crippen LogP contribution in [0.4, 0.5) is 5.69 Å². The fraction of sp³-hybridized carbons (Fsp3) is 0.375. The lowest BCUT2D eigenvalue weighted by Gasteiger charge is -2.32. The number of benzene rings is 2. The summed E-state index contributed by atoms with van der Waals surface area (Å²) in [7, 11) is -2.73. The molecule has 2 aliphatic heterocycles. The molecule has 3 heterocycles. The first kappa shape index (κ1) is 22.0. The van der Waals surface area contributed by atoms with E-state index in [4.69, 9.17) is 4.74 Å². The van der Waals surface area contributed by atoms with Crippen LogP contribution in [0, 0.1) is 5.92 Å². The third-order valence-electron chi connectivity index (χ3n) is 7.08. The molecule has 5 rings (SSSR count). The Morgan fingerprint density at radius 3 is 2.70 bits per heavy atom. The summed E-state index contributed by atoms with van der Waals surface area (Å²) in [6.45, 7) is 5.50. The van der Waals surface area contributed by atoms with Crippen LogP contribution in [-0.4, -0.2) is 46.6 Å². The standard InChI is InChI=1S/C24H27N3O5Si/c1-14-21(33(2,3)31)20(10-11-28)32-24(14)18-12-16(8-9-19(18)26-23(24)30)27-22(29)17-7-5-4-6-15(17)13-25-27/h4-9,12-14,20-21,28,31H,10-11H2,1-3H3,(H,26,30)/t14-,20+,21-,24+/m1/s1. The van der Waals surface area contributed by atoms with Crippen molar-refractivity contribution in [3.63, 3.8) is 0 Å². The second kappa shape index (κ2) is 7.59. The molecule has 0 bridgehead atoms. The van der Waals surface area contributed by atoms with Gasteiger partial charge >= 0.3 is 0 Å². The van der Waals surface area contributed by atoms with Crippen molar-refractivity contribution < 1.29 is 19.4 Å². The first-order chi connectivity index (χ1) is 15.7. The Morgan fingerprint density at radius 2 is 1.97 bits per heavy atom. The smallest absolute Gasteiger partial charge is 0.279 e. The summed E-state index contributed by atoms with van der Waals surface area (Å²) >= 11 is 0. The molecule has 1 fully saturated rings. The van der Waals surface area contributed by atoms with Gasteiger partial charge in [-0.15, -0.1) is 0 Å². The summed E-state index contributed by atoms with van der Waals surface area (Å²) in [5, 5.41) is 18.2. The molecular weight excluding hydrogens is 438 g/mol. The average molecular weight is 466 g/mol. The Hall–Kier alpha value is -2.85. The van der Waals surface area contributed by atoms with Crippen LogP contribution in [0.3, 0.4) is 0 Å². The minimum atomic E-state index is -2.73. The monoisotopic (exact) mass is 465 g/mol. The minimum absolute atomic E-state index is 0.0979. The summed E-state index contributed by atoms with van der Waals surface area (Å²) in [5.41, 5.74) is -0.0260. The number of aromatic nitrogens is 2. The summed E-state index contributed by atoms with van der Waals surface area (Å²) in [4.78, 5) is 37.5. The number of hydrogen-bond acceptors (Lipinski definition) is 6. The highest BCUT2D eigenvalue weighted by molar-refractivity contribution is 6.71. The number of aliphatic hydroxyl groups is 1. The van der Waals surface area contributed by atoms with E-state index in [1.165, 1.54) is 4.68 Å². The van der Waals surface area contributed by atoms with E-state index in [1.807, 2.05) is 38.2 Å². The second-order valence-corrected chi connectivity index (χ2v) is 13.5. The first-order valence-electron chi connectivity index (χ1n) is 11.1. The molecule has 1 saturated heterocycles. The Balaban J connectivity index is 1.66. The molecule has 8 nitrogen and oxygen atoms in total. The van der Waals surface area contributed by atoms with Crippen molar-refractivity contribution in [1.82, 2.24) is 9.78 Å². The molecule has 9 heteroatoms. The average Bonchev–Trinajstić information content (AvgIpc) is 3.22. The van der Waals surface area contributed by atoms with Crippen molar-refractivity contribution in [3.8, 4) is 5.69 Å². The van der Waals surface area contributed by atoms with Crippen LogP contribution < -0.4 is 10.9 Å². The van der Waals surface area contributed by atoms with Crippen LogP contribution >= 0.6 is 0 Å². The molecule has 1 aromatic heterocycles. The number of anilines is 1. The van der Waals surface area contributed by atoms with Crippen LogP contribution in [-0.2, 0) is 15.1 Å². The lowest BCUT2D eigenvalue weighted by atomic mass is 9.82. The van der Waals surface area contributed by atoms with E-state index in [-0.39, 0.29) is 29.5 Å². The molecule has 3 N–H and O–H groups in total. The fourth-order valence-electron chi connectivity index (χ4n) is 5.69. The Labute approximate surface area is 192 Å². The fourth-order valence-corrected chi connectivity index (χ4v) is 8.29. The Kier molecular flexibility index (Phi) is 5.05. The third-order valence-corrected chi connectivity index (χ3v) is 9.58. The summed E-state index contributed by atoms with van der Waals surface area (Å²) < 4.78 is 7.75. The molecule has 2 aromatic carbocycles. The van der Waals surface area contributed by atoms with E-state index in [0.717, 1.165) is 5.39 Å². The zero-order chi connectivity index (χ0) is 23.5. The van der Waals surface area contributed by atoms with Gasteiger partial charge in [0.05, 0.1) is 23.4 Å². The van der Waals surface area contributed by atoms with Gasteiger partial charge in [-0.2, -0.15) is 9.78 Å². The number of fused-ring (bicyclic) bond motifs is 3. The van der Waals surface area contributed by atoms with Gasteiger partial charge in [0, 0.05) is 34.7 Å². The zero-order valence-corrected chi connectivity index (χ0v) is 19.8. The number of carbonyl (C=O) groups is 1. The highest BCUT2D eigenvalue weighted by Crippen LogP contribution is 2.58. The number of nitrogens with one attached hydrogen (secondary N) is 1. The van der Waals surface area contributed by atoms with Crippen molar-refractivity contribution in [1.29, 1.82) is 0 Å². The van der Waals surface area contributed by atoms with Crippen LogP contribution in [0.5, 0.6) is 0 Å². The largest absolute Gasteiger partial charge is 0.432 e. The van der Waals surface area contributed by atoms with Crippen molar-refractivity contribution in [3.05, 3.63) is 64.6 Å². The third kappa shape index (κ3) is 3.18. The minimum Gasteiger partial charge on any atom is -0.432 e. The lowest BCUT2D eigenvalue weighted by Crippen LogP contribution is -2.43. The maximum Gasteiger partial charge on any atom is 0.279 e. The highest BCUT2D eigenvalue weighted by atomic mass is 28.4. The normalized spacial score (nSPS) is 26.7. The molecule has 0 unspecified atom stereocenters. The van der Waals surface area contributed by atoms with Gasteiger partial charge in [-0.3, -0.25) is 9.59 Å². The molecule has 0 aliphatic carbocycles. The number of ether oxygens (including phenoxy) is 1. The van der Waals surface area contributed by atoms with Gasteiger partial charge in [-0.1, -0.05) is 25.1 Å². The Morgan fingerprint density at radius 1 is 1.21 bits per heavy atom. The predicted octanol–water partition coefficient (Wildman–Crippen LogP) is 2.52. The Bertz CT molecular complexity index is 1320. The number of amides is 1. The molecule has 3 aromatic rings. The van der Waals surface area contributed by atoms with E-state index in [2.05, 4.69) is 10.4 Å². The van der Waals surface area contributed by atoms with E-state index in [9.17, 15) is 19.5 Å². The lowest BCUT2D eigenvalue weighted by molar-refractivity contribution is -0.143. The van der Waals surface area contributed by atoms with Gasteiger partial charge in [0.2, 0.25) is 0 Å². The highest BCUT2D eigenvalue weighted by Gasteiger charge is 2.64. The number of rotatable bonds is 4. The van der Waals surface area contributed by atoms with Crippen LogP contribution in [0.2, 0.25) is 18.6 Å². The van der Waals surface area contributed by atoms with Gasteiger partial charge in [0.15, 0.2) is 13.9 Å². The van der Waals surface area contributed by atoms with Crippen LogP contribution in [0.15, 0.2) is 53.5 Å². The molecular formula is C24H27N3O5Si. The maximum absolute atomic E-state index is 13.3. The molecule has 4 atom stereocenters. The van der Waals surface area contributed by atoms with Gasteiger partial charge in [0.25, 0.3) is 11.5 Å². The van der Waals surface area contributed by atoms with Gasteiger partial charge in [-0.05, 0) is 43.8 Å². The SMILES string of the molecule is C[C@@H]1[C@@H]([Si](C)(C)O)[C@H](CCO)O[C@@]12C(=O)Nc1ccc(-n3ncc4ccccc4c3=O)cc12. The zero-order valence-electron chi connectivity index (χ0n) is 18.8. The maximum atomic E-state index is 13.3. The number of carbonyl (C=O) groups excluding carboxylic acids is 1. The summed E-state index contributed by atoms with van der Waals surface area (Å²) in [6.07, 6.45) is 1.53. The van der Waals surface area contributed by atoms with E-state index in [1.54, 1.807) is 30.5 Å². The molecule has 1 amide bonds. The van der Waals surface area contributed by atoms with Crippen molar-refractivity contribution in [2.45, 2.75) is 43.7 Å². The van der Waals surface area contributed by atoms with Crippen molar-refractivity contribution in [2.24, 2.45) is 5.92 Å². The molecule has 1 spiro atoms. The number of aliphatic hydroxyl groups excluding tert-OH is 1. The molecule has 2 aliphatic rings. The topological polar surface area (TPSA) is 114 Å². The van der Waals surface area contributed by atoms with E-state index >= 15 is 0 Å². The van der Waals surface area contributed by atoms with Gasteiger partial charge < -0.3 is 20.0 Å². The van der Waals surface area contributed by atoms with Crippen LogP contribution in [0.25, 0.3) is 16.5 Å². The first-order valence-corrected chi connectivity index (χ1v) is 14.2. The predicted molar refractivity (Wildman–Crippen MR) is 127 cm³/mol. The van der Waals surface area contributed by atoms with Crippen molar-refractivity contribution in [2.75, 3.05) is 11.9 Å². The van der Waals surface area contributed by atoms with Gasteiger partial charge in [0.1, 0.15) is 0 Å². The number of nitrogens with zero attached hydrogens (tertiary/aromatic N) is 2. The quantitative estimate of drug-likeness (QED) is 0.510.